The molecular formula is C12H23ClO2. The predicted octanol–water partition coefficient (Wildman–Crippen LogP) is 3.23. The quantitative estimate of drug-likeness (QED) is 0.657. The van der Waals surface area contributed by atoms with Gasteiger partial charge in [0.25, 0.3) is 0 Å². The highest BCUT2D eigenvalue weighted by Crippen LogP contribution is 2.31. The molecule has 1 saturated carbocycles. The van der Waals surface area contributed by atoms with Crippen molar-refractivity contribution >= 4 is 11.6 Å². The van der Waals surface area contributed by atoms with Crippen molar-refractivity contribution < 1.29 is 9.47 Å². The second kappa shape index (κ2) is 7.48. The summed E-state index contributed by atoms with van der Waals surface area (Å²) < 4.78 is 10.5. The first-order valence-corrected chi connectivity index (χ1v) is 6.35. The topological polar surface area (TPSA) is 18.5 Å². The molecule has 0 N–H and O–H groups in total. The Labute approximate surface area is 98.3 Å². The van der Waals surface area contributed by atoms with E-state index in [0.29, 0.717) is 11.5 Å². The Balaban J connectivity index is 2.19. The third kappa shape index (κ3) is 5.19. The second-order valence-corrected chi connectivity index (χ2v) is 5.11. The average molecular weight is 235 g/mol. The minimum atomic E-state index is 0.363. The zero-order valence-electron chi connectivity index (χ0n) is 9.88. The molecule has 0 aromatic rings. The molecular weight excluding hydrogens is 212 g/mol. The summed E-state index contributed by atoms with van der Waals surface area (Å²) in [5.74, 6) is 0.807. The number of methoxy groups -OCH3 is 2. The summed E-state index contributed by atoms with van der Waals surface area (Å²) >= 11 is 6.08. The highest BCUT2D eigenvalue weighted by molar-refractivity contribution is 6.20. The van der Waals surface area contributed by atoms with Crippen molar-refractivity contribution in [1.82, 2.24) is 0 Å². The molecule has 1 unspecified atom stereocenters. The number of alkyl halides is 1. The van der Waals surface area contributed by atoms with Gasteiger partial charge in [0.15, 0.2) is 0 Å². The molecule has 1 aliphatic carbocycles. The van der Waals surface area contributed by atoms with Gasteiger partial charge in [-0.25, -0.2) is 0 Å². The first-order chi connectivity index (χ1) is 7.26. The summed E-state index contributed by atoms with van der Waals surface area (Å²) in [6.45, 7) is 0.795. The third-order valence-electron chi connectivity index (χ3n) is 3.35. The van der Waals surface area contributed by atoms with Crippen molar-refractivity contribution in [3.63, 3.8) is 0 Å². The van der Waals surface area contributed by atoms with Gasteiger partial charge >= 0.3 is 0 Å². The highest BCUT2D eigenvalue weighted by Gasteiger charge is 2.22. The molecule has 0 aromatic heterocycles. The van der Waals surface area contributed by atoms with Crippen LogP contribution in [0.1, 0.15) is 38.5 Å². The van der Waals surface area contributed by atoms with E-state index in [9.17, 15) is 0 Å². The van der Waals surface area contributed by atoms with E-state index < -0.39 is 0 Å². The molecule has 1 aliphatic rings. The van der Waals surface area contributed by atoms with E-state index in [-0.39, 0.29) is 0 Å². The minimum Gasteiger partial charge on any atom is -0.385 e. The maximum atomic E-state index is 6.08. The van der Waals surface area contributed by atoms with E-state index in [2.05, 4.69) is 0 Å². The third-order valence-corrected chi connectivity index (χ3v) is 3.79. The fourth-order valence-corrected chi connectivity index (χ4v) is 2.56. The Morgan fingerprint density at radius 1 is 1.20 bits per heavy atom. The molecule has 0 saturated heterocycles. The van der Waals surface area contributed by atoms with E-state index in [1.807, 2.05) is 0 Å². The molecule has 0 bridgehead atoms. The van der Waals surface area contributed by atoms with Crippen LogP contribution >= 0.6 is 11.6 Å². The molecule has 2 nitrogen and oxygen atoms in total. The largest absolute Gasteiger partial charge is 0.385 e. The Morgan fingerprint density at radius 2 is 1.87 bits per heavy atom. The Kier molecular flexibility index (Phi) is 6.62. The number of hydrogen-bond donors (Lipinski definition) is 0. The monoisotopic (exact) mass is 234 g/mol. The molecule has 0 radical (unpaired) electrons. The smallest absolute Gasteiger partial charge is 0.0596 e. The van der Waals surface area contributed by atoms with Gasteiger partial charge in [-0.3, -0.25) is 0 Å². The lowest BCUT2D eigenvalue weighted by Crippen LogP contribution is -2.22. The Hall–Kier alpha value is 0.210. The van der Waals surface area contributed by atoms with Gasteiger partial charge in [0.1, 0.15) is 0 Å². The predicted molar refractivity (Wildman–Crippen MR) is 63.5 cm³/mol. The van der Waals surface area contributed by atoms with Gasteiger partial charge < -0.3 is 9.47 Å². The van der Waals surface area contributed by atoms with Crippen LogP contribution in [0.2, 0.25) is 0 Å². The molecule has 0 amide bonds. The van der Waals surface area contributed by atoms with Crippen molar-refractivity contribution in [2.24, 2.45) is 5.92 Å². The summed E-state index contributed by atoms with van der Waals surface area (Å²) in [6, 6.07) is 0. The molecule has 0 aromatic carbocycles. The van der Waals surface area contributed by atoms with E-state index in [4.69, 9.17) is 21.1 Å². The van der Waals surface area contributed by atoms with Crippen LogP contribution in [0.3, 0.4) is 0 Å². The maximum Gasteiger partial charge on any atom is 0.0596 e. The SMILES string of the molecule is COCCC(CC1CCC(Cl)CC1)OC. The molecule has 3 heteroatoms. The molecule has 1 rings (SSSR count). The van der Waals surface area contributed by atoms with Crippen LogP contribution in [0.5, 0.6) is 0 Å². The highest BCUT2D eigenvalue weighted by atomic mass is 35.5. The lowest BCUT2D eigenvalue weighted by Gasteiger charge is -2.27. The van der Waals surface area contributed by atoms with E-state index in [0.717, 1.165) is 18.9 Å². The van der Waals surface area contributed by atoms with E-state index in [1.165, 1.54) is 32.1 Å². The van der Waals surface area contributed by atoms with Gasteiger partial charge in [-0.1, -0.05) is 0 Å². The van der Waals surface area contributed by atoms with Gasteiger partial charge in [-0.2, -0.15) is 0 Å². The van der Waals surface area contributed by atoms with Gasteiger partial charge in [-0.15, -0.1) is 11.6 Å². The summed E-state index contributed by atoms with van der Waals surface area (Å²) in [5.41, 5.74) is 0. The fourth-order valence-electron chi connectivity index (χ4n) is 2.31. The lowest BCUT2D eigenvalue weighted by molar-refractivity contribution is 0.0449. The van der Waals surface area contributed by atoms with Crippen LogP contribution in [0, 0.1) is 5.92 Å². The van der Waals surface area contributed by atoms with Crippen molar-refractivity contribution in [2.45, 2.75) is 50.0 Å². The normalized spacial score (nSPS) is 29.0. The summed E-state index contributed by atoms with van der Waals surface area (Å²) in [5, 5.41) is 0.418. The number of halogens is 1. The molecule has 0 aliphatic heterocycles. The zero-order valence-corrected chi connectivity index (χ0v) is 10.6. The van der Waals surface area contributed by atoms with E-state index in [1.54, 1.807) is 14.2 Å². The van der Waals surface area contributed by atoms with Crippen molar-refractivity contribution in [2.75, 3.05) is 20.8 Å². The molecule has 15 heavy (non-hydrogen) atoms. The zero-order chi connectivity index (χ0) is 11.1. The van der Waals surface area contributed by atoms with E-state index >= 15 is 0 Å². The maximum absolute atomic E-state index is 6.08. The molecule has 0 spiro atoms. The fraction of sp³-hybridized carbons (Fsp3) is 1.00. The van der Waals surface area contributed by atoms with Crippen LogP contribution in [-0.4, -0.2) is 32.3 Å². The second-order valence-electron chi connectivity index (χ2n) is 4.49. The molecule has 1 fully saturated rings. The first kappa shape index (κ1) is 13.3. The molecule has 0 heterocycles. The van der Waals surface area contributed by atoms with Gasteiger partial charge in [0.05, 0.1) is 6.10 Å². The number of hydrogen-bond acceptors (Lipinski definition) is 2. The Morgan fingerprint density at radius 3 is 2.40 bits per heavy atom. The van der Waals surface area contributed by atoms with Crippen LogP contribution in [0.15, 0.2) is 0 Å². The summed E-state index contributed by atoms with van der Waals surface area (Å²) in [7, 11) is 3.54. The van der Waals surface area contributed by atoms with Gasteiger partial charge in [-0.05, 0) is 44.4 Å². The van der Waals surface area contributed by atoms with Crippen molar-refractivity contribution in [3.8, 4) is 0 Å². The van der Waals surface area contributed by atoms with Crippen LogP contribution < -0.4 is 0 Å². The summed E-state index contributed by atoms with van der Waals surface area (Å²) in [6.07, 6.45) is 7.42. The molecule has 90 valence electrons. The van der Waals surface area contributed by atoms with Crippen molar-refractivity contribution in [3.05, 3.63) is 0 Å². The first-order valence-electron chi connectivity index (χ1n) is 5.92. The average Bonchev–Trinajstić information content (AvgIpc) is 2.27. The van der Waals surface area contributed by atoms with Crippen molar-refractivity contribution in [1.29, 1.82) is 0 Å². The van der Waals surface area contributed by atoms with Crippen LogP contribution in [-0.2, 0) is 9.47 Å². The number of ether oxygens (including phenoxy) is 2. The van der Waals surface area contributed by atoms with Crippen LogP contribution in [0.4, 0.5) is 0 Å². The van der Waals surface area contributed by atoms with Gasteiger partial charge in [0.2, 0.25) is 0 Å². The number of rotatable bonds is 6. The molecule has 1 atom stereocenters. The van der Waals surface area contributed by atoms with Gasteiger partial charge in [0, 0.05) is 26.2 Å². The minimum absolute atomic E-state index is 0.363. The summed E-state index contributed by atoms with van der Waals surface area (Å²) in [4.78, 5) is 0. The van der Waals surface area contributed by atoms with Crippen LogP contribution in [0.25, 0.3) is 0 Å². The standard InChI is InChI=1S/C12H23ClO2/c1-14-8-7-12(15-2)9-10-3-5-11(13)6-4-10/h10-12H,3-9H2,1-2H3. The Bertz CT molecular complexity index is 153. The lowest BCUT2D eigenvalue weighted by atomic mass is 9.84.